The molecule has 0 aromatic carbocycles. The van der Waals surface area contributed by atoms with E-state index in [0.29, 0.717) is 4.77 Å². The van der Waals surface area contributed by atoms with Crippen molar-refractivity contribution in [2.75, 3.05) is 0 Å². The summed E-state index contributed by atoms with van der Waals surface area (Å²) in [7, 11) is 0. The molecule has 0 saturated carbocycles. The molecular weight excluding hydrogens is 172 g/mol. The Morgan fingerprint density at radius 2 is 2.50 bits per heavy atom. The van der Waals surface area contributed by atoms with Crippen LogP contribution in [0.2, 0.25) is 0 Å². The molecule has 0 aliphatic carbocycles. The van der Waals surface area contributed by atoms with Gasteiger partial charge in [-0.15, -0.1) is 6.58 Å². The van der Waals surface area contributed by atoms with Crippen LogP contribution in [-0.4, -0.2) is 9.55 Å². The highest BCUT2D eigenvalue weighted by Crippen LogP contribution is 1.90. The second-order valence-electron chi connectivity index (χ2n) is 2.38. The molecule has 0 radical (unpaired) electrons. The van der Waals surface area contributed by atoms with E-state index in [-0.39, 0.29) is 5.56 Å². The lowest BCUT2D eigenvalue weighted by atomic mass is 10.4. The Morgan fingerprint density at radius 1 is 1.75 bits per heavy atom. The summed E-state index contributed by atoms with van der Waals surface area (Å²) in [6.45, 7) is 4.37. The van der Waals surface area contributed by atoms with Crippen molar-refractivity contribution in [1.29, 1.82) is 0 Å². The van der Waals surface area contributed by atoms with Crippen molar-refractivity contribution in [3.05, 3.63) is 40.0 Å². The van der Waals surface area contributed by atoms with Crippen LogP contribution in [0, 0.1) is 4.77 Å². The van der Waals surface area contributed by atoms with Crippen molar-refractivity contribution in [3.8, 4) is 0 Å². The van der Waals surface area contributed by atoms with Gasteiger partial charge in [-0.2, -0.15) is 0 Å². The van der Waals surface area contributed by atoms with E-state index in [1.807, 2.05) is 6.08 Å². The molecule has 1 heterocycles. The lowest BCUT2D eigenvalue weighted by Gasteiger charge is -2.01. The van der Waals surface area contributed by atoms with E-state index in [0.717, 1.165) is 13.0 Å². The van der Waals surface area contributed by atoms with Gasteiger partial charge in [-0.3, -0.25) is 9.78 Å². The Balaban J connectivity index is 2.94. The monoisotopic (exact) mass is 182 g/mol. The number of rotatable bonds is 3. The summed E-state index contributed by atoms with van der Waals surface area (Å²) >= 11 is 4.93. The van der Waals surface area contributed by atoms with Crippen LogP contribution < -0.4 is 5.56 Å². The van der Waals surface area contributed by atoms with E-state index in [1.54, 1.807) is 10.8 Å². The number of aryl methyl sites for hydroxylation is 1. The molecule has 12 heavy (non-hydrogen) atoms. The Hall–Kier alpha value is -1.16. The summed E-state index contributed by atoms with van der Waals surface area (Å²) < 4.78 is 2.27. The van der Waals surface area contributed by atoms with Crippen LogP contribution in [-0.2, 0) is 6.54 Å². The molecule has 1 N–H and O–H groups in total. The SMILES string of the molecule is C=CCCn1ccc(=O)[nH]c1=S. The summed E-state index contributed by atoms with van der Waals surface area (Å²) in [6.07, 6.45) is 4.35. The summed E-state index contributed by atoms with van der Waals surface area (Å²) in [5.74, 6) is 0. The van der Waals surface area contributed by atoms with E-state index in [1.165, 1.54) is 6.07 Å². The zero-order valence-electron chi connectivity index (χ0n) is 6.62. The fourth-order valence-electron chi connectivity index (χ4n) is 0.851. The van der Waals surface area contributed by atoms with Gasteiger partial charge in [0.15, 0.2) is 4.77 Å². The zero-order chi connectivity index (χ0) is 8.97. The van der Waals surface area contributed by atoms with Crippen molar-refractivity contribution >= 4 is 12.2 Å². The Labute approximate surface area is 75.4 Å². The minimum atomic E-state index is -0.158. The molecule has 0 aliphatic rings. The highest BCUT2D eigenvalue weighted by molar-refractivity contribution is 7.71. The lowest BCUT2D eigenvalue weighted by molar-refractivity contribution is 0.674. The predicted octanol–water partition coefficient (Wildman–Crippen LogP) is 1.48. The van der Waals surface area contributed by atoms with E-state index >= 15 is 0 Å². The van der Waals surface area contributed by atoms with Gasteiger partial charge in [-0.1, -0.05) is 6.08 Å². The molecule has 0 unspecified atom stereocenters. The van der Waals surface area contributed by atoms with Crippen LogP contribution in [0.3, 0.4) is 0 Å². The quantitative estimate of drug-likeness (QED) is 0.568. The normalized spacial score (nSPS) is 9.67. The average molecular weight is 182 g/mol. The Kier molecular flexibility index (Phi) is 2.99. The highest BCUT2D eigenvalue weighted by atomic mass is 32.1. The number of H-pyrrole nitrogens is 1. The van der Waals surface area contributed by atoms with Crippen molar-refractivity contribution < 1.29 is 0 Å². The molecule has 0 saturated heterocycles. The van der Waals surface area contributed by atoms with Crippen LogP contribution in [0.25, 0.3) is 0 Å². The first-order valence-electron chi connectivity index (χ1n) is 3.64. The van der Waals surface area contributed by atoms with Crippen molar-refractivity contribution in [1.82, 2.24) is 9.55 Å². The average Bonchev–Trinajstić information content (AvgIpc) is 2.03. The number of hydrogen-bond acceptors (Lipinski definition) is 2. The van der Waals surface area contributed by atoms with Crippen LogP contribution in [0.5, 0.6) is 0 Å². The van der Waals surface area contributed by atoms with Gasteiger partial charge < -0.3 is 4.57 Å². The zero-order valence-corrected chi connectivity index (χ0v) is 7.43. The van der Waals surface area contributed by atoms with Crippen molar-refractivity contribution in [2.45, 2.75) is 13.0 Å². The van der Waals surface area contributed by atoms with E-state index in [2.05, 4.69) is 11.6 Å². The van der Waals surface area contributed by atoms with Crippen LogP contribution in [0.4, 0.5) is 0 Å². The topological polar surface area (TPSA) is 37.8 Å². The number of allylic oxidation sites excluding steroid dienone is 1. The van der Waals surface area contributed by atoms with Crippen molar-refractivity contribution in [3.63, 3.8) is 0 Å². The van der Waals surface area contributed by atoms with Gasteiger partial charge in [0.05, 0.1) is 0 Å². The van der Waals surface area contributed by atoms with Gasteiger partial charge in [0.25, 0.3) is 5.56 Å². The van der Waals surface area contributed by atoms with Crippen LogP contribution >= 0.6 is 12.2 Å². The third-order valence-electron chi connectivity index (χ3n) is 1.47. The van der Waals surface area contributed by atoms with Gasteiger partial charge in [0.2, 0.25) is 0 Å². The third kappa shape index (κ3) is 2.17. The molecule has 0 amide bonds. The Bertz CT molecular complexity index is 377. The van der Waals surface area contributed by atoms with E-state index in [4.69, 9.17) is 12.2 Å². The minimum Gasteiger partial charge on any atom is -0.325 e. The van der Waals surface area contributed by atoms with Gasteiger partial charge in [-0.25, -0.2) is 0 Å². The summed E-state index contributed by atoms with van der Waals surface area (Å²) in [5.41, 5.74) is -0.158. The fourth-order valence-corrected chi connectivity index (χ4v) is 1.10. The predicted molar refractivity (Wildman–Crippen MR) is 50.7 cm³/mol. The lowest BCUT2D eigenvalue weighted by Crippen LogP contribution is -2.10. The second-order valence-corrected chi connectivity index (χ2v) is 2.77. The van der Waals surface area contributed by atoms with Gasteiger partial charge >= 0.3 is 0 Å². The third-order valence-corrected chi connectivity index (χ3v) is 1.81. The summed E-state index contributed by atoms with van der Waals surface area (Å²) in [6, 6.07) is 1.46. The second kappa shape index (κ2) is 4.01. The molecule has 1 aromatic heterocycles. The largest absolute Gasteiger partial charge is 0.325 e. The fraction of sp³-hybridized carbons (Fsp3) is 0.250. The molecule has 0 atom stereocenters. The summed E-state index contributed by atoms with van der Waals surface area (Å²) in [4.78, 5) is 13.3. The molecule has 0 aliphatic heterocycles. The number of aromatic amines is 1. The molecular formula is C8H10N2OS. The first kappa shape index (κ1) is 8.93. The summed E-state index contributed by atoms with van der Waals surface area (Å²) in [5, 5.41) is 0. The molecule has 0 spiro atoms. The smallest absolute Gasteiger partial charge is 0.251 e. The maximum Gasteiger partial charge on any atom is 0.251 e. The van der Waals surface area contributed by atoms with E-state index in [9.17, 15) is 4.79 Å². The maximum atomic E-state index is 10.8. The standard InChI is InChI=1S/C8H10N2OS/c1-2-3-5-10-6-4-7(11)9-8(10)12/h2,4,6H,1,3,5H2,(H,9,11,12). The minimum absolute atomic E-state index is 0.158. The molecule has 4 heteroatoms. The number of aromatic nitrogens is 2. The molecule has 1 rings (SSSR count). The van der Waals surface area contributed by atoms with Crippen LogP contribution in [0.15, 0.2) is 29.7 Å². The van der Waals surface area contributed by atoms with Gasteiger partial charge in [-0.05, 0) is 18.6 Å². The molecule has 3 nitrogen and oxygen atoms in total. The number of nitrogens with one attached hydrogen (secondary N) is 1. The van der Waals surface area contributed by atoms with Gasteiger partial charge in [0, 0.05) is 18.8 Å². The molecule has 64 valence electrons. The van der Waals surface area contributed by atoms with E-state index < -0.39 is 0 Å². The first-order valence-corrected chi connectivity index (χ1v) is 4.05. The molecule has 1 aromatic rings. The Morgan fingerprint density at radius 3 is 3.08 bits per heavy atom. The molecule has 0 bridgehead atoms. The number of nitrogens with zero attached hydrogens (tertiary/aromatic N) is 1. The van der Waals surface area contributed by atoms with Crippen LogP contribution in [0.1, 0.15) is 6.42 Å². The van der Waals surface area contributed by atoms with Crippen molar-refractivity contribution in [2.24, 2.45) is 0 Å². The number of hydrogen-bond donors (Lipinski definition) is 1. The molecule has 0 fully saturated rings. The van der Waals surface area contributed by atoms with Gasteiger partial charge in [0.1, 0.15) is 0 Å². The highest BCUT2D eigenvalue weighted by Gasteiger charge is 1.90. The first-order chi connectivity index (χ1) is 5.74. The maximum absolute atomic E-state index is 10.8.